The lowest BCUT2D eigenvalue weighted by molar-refractivity contribution is 0.0949. The number of amides is 1. The zero-order chi connectivity index (χ0) is 18.6. The molecule has 0 aromatic heterocycles. The van der Waals surface area contributed by atoms with Gasteiger partial charge in [-0.2, -0.15) is 0 Å². The number of carbonyl (C=O) groups is 1. The fraction of sp³-hybridized carbons (Fsp3) is 0.235. The lowest BCUT2D eigenvalue weighted by Gasteiger charge is -2.10. The average molecular weight is 385 g/mol. The molecule has 2 rings (SSSR count). The summed E-state index contributed by atoms with van der Waals surface area (Å²) in [6.07, 6.45) is 0. The number of halogens is 2. The molecule has 2 N–H and O–H groups in total. The van der Waals surface area contributed by atoms with Crippen molar-refractivity contribution in [3.8, 4) is 0 Å². The van der Waals surface area contributed by atoms with Crippen molar-refractivity contribution in [3.05, 3.63) is 58.9 Å². The van der Waals surface area contributed by atoms with Crippen molar-refractivity contribution in [1.82, 2.24) is 5.32 Å². The Morgan fingerprint density at radius 2 is 1.80 bits per heavy atom. The van der Waals surface area contributed by atoms with Crippen LogP contribution in [-0.2, 0) is 10.0 Å². The minimum atomic E-state index is -3.87. The Labute approximate surface area is 151 Å². The predicted octanol–water partition coefficient (Wildman–Crippen LogP) is 3.67. The van der Waals surface area contributed by atoms with Crippen LogP contribution in [0.4, 0.5) is 10.1 Å². The van der Waals surface area contributed by atoms with E-state index in [9.17, 15) is 17.6 Å². The Kier molecular flexibility index (Phi) is 6.02. The Balaban J connectivity index is 2.14. The Bertz CT molecular complexity index is 868. The minimum absolute atomic E-state index is 0.0200. The SMILES string of the molecule is CC(C)CNC(=O)c1ccc(S(=O)(=O)Nc2ccc(F)c(Cl)c2)cc1. The molecule has 0 saturated carbocycles. The van der Waals surface area contributed by atoms with Gasteiger partial charge in [0.2, 0.25) is 0 Å². The number of nitrogens with one attached hydrogen (secondary N) is 2. The Morgan fingerprint density at radius 3 is 2.36 bits per heavy atom. The first-order valence-electron chi connectivity index (χ1n) is 7.55. The van der Waals surface area contributed by atoms with Crippen LogP contribution >= 0.6 is 11.6 Å². The normalized spacial score (nSPS) is 11.4. The number of carbonyl (C=O) groups excluding carboxylic acids is 1. The van der Waals surface area contributed by atoms with Crippen LogP contribution in [0.15, 0.2) is 47.4 Å². The van der Waals surface area contributed by atoms with Gasteiger partial charge in [0.15, 0.2) is 0 Å². The van der Waals surface area contributed by atoms with Crippen molar-refractivity contribution in [2.24, 2.45) is 5.92 Å². The first-order chi connectivity index (χ1) is 11.7. The second-order valence-corrected chi connectivity index (χ2v) is 7.95. The second kappa shape index (κ2) is 7.84. The van der Waals surface area contributed by atoms with Crippen molar-refractivity contribution in [2.75, 3.05) is 11.3 Å². The lowest BCUT2D eigenvalue weighted by atomic mass is 10.2. The first kappa shape index (κ1) is 19.2. The van der Waals surface area contributed by atoms with E-state index >= 15 is 0 Å². The molecule has 8 heteroatoms. The summed E-state index contributed by atoms with van der Waals surface area (Å²) in [4.78, 5) is 11.9. The molecular formula is C17H18ClFN2O3S. The van der Waals surface area contributed by atoms with Gasteiger partial charge in [0.1, 0.15) is 5.82 Å². The topological polar surface area (TPSA) is 75.3 Å². The number of benzene rings is 2. The van der Waals surface area contributed by atoms with Crippen LogP contribution in [0.1, 0.15) is 24.2 Å². The smallest absolute Gasteiger partial charge is 0.261 e. The quantitative estimate of drug-likeness (QED) is 0.797. The summed E-state index contributed by atoms with van der Waals surface area (Å²) in [6.45, 7) is 4.48. The average Bonchev–Trinajstić information content (AvgIpc) is 2.56. The minimum Gasteiger partial charge on any atom is -0.352 e. The van der Waals surface area contributed by atoms with Crippen molar-refractivity contribution >= 4 is 33.2 Å². The van der Waals surface area contributed by atoms with E-state index in [1.807, 2.05) is 13.8 Å². The van der Waals surface area contributed by atoms with Crippen LogP contribution in [0.3, 0.4) is 0 Å². The number of hydrogen-bond acceptors (Lipinski definition) is 3. The van der Waals surface area contributed by atoms with E-state index < -0.39 is 15.8 Å². The highest BCUT2D eigenvalue weighted by atomic mass is 35.5. The molecule has 0 saturated heterocycles. The molecule has 25 heavy (non-hydrogen) atoms. The highest BCUT2D eigenvalue weighted by molar-refractivity contribution is 7.92. The summed E-state index contributed by atoms with van der Waals surface area (Å²) >= 11 is 5.64. The standard InChI is InChI=1S/C17H18ClFN2O3S/c1-11(2)10-20-17(22)12-3-6-14(7-4-12)25(23,24)21-13-5-8-16(19)15(18)9-13/h3-9,11,21H,10H2,1-2H3,(H,20,22). The molecule has 0 aliphatic carbocycles. The zero-order valence-corrected chi connectivity index (χ0v) is 15.3. The molecule has 2 aromatic rings. The molecule has 0 radical (unpaired) electrons. The molecule has 0 atom stereocenters. The monoisotopic (exact) mass is 384 g/mol. The Hall–Kier alpha value is -2.12. The summed E-state index contributed by atoms with van der Waals surface area (Å²) in [5, 5.41) is 2.57. The van der Waals surface area contributed by atoms with Crippen LogP contribution in [0.2, 0.25) is 5.02 Å². The van der Waals surface area contributed by atoms with Crippen molar-refractivity contribution < 1.29 is 17.6 Å². The van der Waals surface area contributed by atoms with Gasteiger partial charge in [0, 0.05) is 12.1 Å². The third-order valence-corrected chi connectivity index (χ3v) is 4.96. The van der Waals surface area contributed by atoms with Crippen molar-refractivity contribution in [1.29, 1.82) is 0 Å². The zero-order valence-electron chi connectivity index (χ0n) is 13.7. The number of sulfonamides is 1. The predicted molar refractivity (Wildman–Crippen MR) is 95.8 cm³/mol. The maximum absolute atomic E-state index is 13.1. The van der Waals surface area contributed by atoms with E-state index in [1.165, 1.54) is 36.4 Å². The van der Waals surface area contributed by atoms with Crippen molar-refractivity contribution in [3.63, 3.8) is 0 Å². The number of anilines is 1. The highest BCUT2D eigenvalue weighted by Gasteiger charge is 2.16. The van der Waals surface area contributed by atoms with Gasteiger partial charge in [-0.1, -0.05) is 25.4 Å². The van der Waals surface area contributed by atoms with Gasteiger partial charge >= 0.3 is 0 Å². The van der Waals surface area contributed by atoms with E-state index in [0.717, 1.165) is 6.07 Å². The fourth-order valence-corrected chi connectivity index (χ4v) is 3.19. The summed E-state index contributed by atoms with van der Waals surface area (Å²) in [5.74, 6) is -0.590. The molecule has 5 nitrogen and oxygen atoms in total. The highest BCUT2D eigenvalue weighted by Crippen LogP contribution is 2.22. The van der Waals surface area contributed by atoms with Gasteiger partial charge in [0.05, 0.1) is 15.6 Å². The van der Waals surface area contributed by atoms with Crippen molar-refractivity contribution in [2.45, 2.75) is 18.7 Å². The molecule has 2 aromatic carbocycles. The van der Waals surface area contributed by atoms with Gasteiger partial charge in [-0.05, 0) is 48.4 Å². The van der Waals surface area contributed by atoms with Crippen LogP contribution < -0.4 is 10.0 Å². The summed E-state index contributed by atoms with van der Waals surface area (Å²) in [7, 11) is -3.87. The molecule has 1 amide bonds. The molecule has 134 valence electrons. The number of rotatable bonds is 6. The maximum Gasteiger partial charge on any atom is 0.261 e. The molecule has 0 heterocycles. The molecule has 0 bridgehead atoms. The molecule has 0 aliphatic rings. The van der Waals surface area contributed by atoms with Gasteiger partial charge in [-0.15, -0.1) is 0 Å². The third-order valence-electron chi connectivity index (χ3n) is 3.27. The van der Waals surface area contributed by atoms with Gasteiger partial charge in [0.25, 0.3) is 15.9 Å². The molecule has 0 unspecified atom stereocenters. The summed E-state index contributed by atoms with van der Waals surface area (Å²) in [5.41, 5.74) is 0.509. The van der Waals surface area contributed by atoms with Crippen LogP contribution in [0.25, 0.3) is 0 Å². The molecule has 0 spiro atoms. The second-order valence-electron chi connectivity index (χ2n) is 5.86. The summed E-state index contributed by atoms with van der Waals surface area (Å²) in [6, 6.07) is 9.05. The summed E-state index contributed by atoms with van der Waals surface area (Å²) < 4.78 is 40.1. The lowest BCUT2D eigenvalue weighted by Crippen LogP contribution is -2.27. The van der Waals surface area contributed by atoms with Crippen LogP contribution in [0.5, 0.6) is 0 Å². The van der Waals surface area contributed by atoms with Gasteiger partial charge in [-0.3, -0.25) is 9.52 Å². The first-order valence-corrected chi connectivity index (χ1v) is 9.41. The van der Waals surface area contributed by atoms with Crippen LogP contribution in [0, 0.1) is 11.7 Å². The molecule has 0 aliphatic heterocycles. The van der Waals surface area contributed by atoms with E-state index in [-0.39, 0.29) is 21.5 Å². The third kappa shape index (κ3) is 5.17. The molecule has 0 fully saturated rings. The van der Waals surface area contributed by atoms with Gasteiger partial charge < -0.3 is 5.32 Å². The van der Waals surface area contributed by atoms with E-state index in [4.69, 9.17) is 11.6 Å². The van der Waals surface area contributed by atoms with Gasteiger partial charge in [-0.25, -0.2) is 12.8 Å². The van der Waals surface area contributed by atoms with E-state index in [2.05, 4.69) is 10.0 Å². The van der Waals surface area contributed by atoms with E-state index in [0.29, 0.717) is 18.0 Å². The maximum atomic E-state index is 13.1. The fourth-order valence-electron chi connectivity index (χ4n) is 1.96. The van der Waals surface area contributed by atoms with Crippen LogP contribution in [-0.4, -0.2) is 20.9 Å². The largest absolute Gasteiger partial charge is 0.352 e. The Morgan fingerprint density at radius 1 is 1.16 bits per heavy atom. The van der Waals surface area contributed by atoms with E-state index in [1.54, 1.807) is 0 Å². The molecular weight excluding hydrogens is 367 g/mol. The number of hydrogen-bond donors (Lipinski definition) is 2.